The first-order valence-corrected chi connectivity index (χ1v) is 4.65. The summed E-state index contributed by atoms with van der Waals surface area (Å²) in [6.45, 7) is 2.24. The molecule has 1 aliphatic carbocycles. The van der Waals surface area contributed by atoms with Gasteiger partial charge in [-0.15, -0.1) is 10.2 Å². The van der Waals surface area contributed by atoms with Gasteiger partial charge < -0.3 is 0 Å². The summed E-state index contributed by atoms with van der Waals surface area (Å²) < 4.78 is 0. The van der Waals surface area contributed by atoms with Crippen LogP contribution in [0.5, 0.6) is 0 Å². The van der Waals surface area contributed by atoms with E-state index in [0.29, 0.717) is 5.92 Å². The van der Waals surface area contributed by atoms with Gasteiger partial charge in [0, 0.05) is 5.92 Å². The molecule has 0 bridgehead atoms. The lowest BCUT2D eigenvalue weighted by Crippen LogP contribution is -2.06. The number of H-pyrrole nitrogens is 1. The van der Waals surface area contributed by atoms with Crippen molar-refractivity contribution >= 4 is 0 Å². The van der Waals surface area contributed by atoms with Crippen LogP contribution in [-0.4, -0.2) is 20.6 Å². The van der Waals surface area contributed by atoms with Gasteiger partial charge >= 0.3 is 0 Å². The smallest absolute Gasteiger partial charge is 0.177 e. The Bertz CT molecular complexity index is 231. The maximum absolute atomic E-state index is 4.05. The zero-order valence-electron chi connectivity index (χ0n) is 7.32. The maximum atomic E-state index is 4.05. The highest BCUT2D eigenvalue weighted by atomic mass is 15.5. The Morgan fingerprint density at radius 2 is 2.42 bits per heavy atom. The summed E-state index contributed by atoms with van der Waals surface area (Å²) in [7, 11) is 0. The topological polar surface area (TPSA) is 54.5 Å². The second kappa shape index (κ2) is 3.21. The van der Waals surface area contributed by atoms with Gasteiger partial charge in [0.1, 0.15) is 0 Å². The number of nitrogens with zero attached hydrogens (tertiary/aromatic N) is 3. The Morgan fingerprint density at radius 3 is 3.08 bits per heavy atom. The van der Waals surface area contributed by atoms with E-state index < -0.39 is 0 Å². The monoisotopic (exact) mass is 166 g/mol. The number of aromatic amines is 1. The van der Waals surface area contributed by atoms with Gasteiger partial charge in [-0.1, -0.05) is 25.0 Å². The fourth-order valence-electron chi connectivity index (χ4n) is 2.19. The maximum Gasteiger partial charge on any atom is 0.177 e. The number of nitrogens with one attached hydrogen (secondary N) is 1. The van der Waals surface area contributed by atoms with Crippen molar-refractivity contribution in [1.82, 2.24) is 20.6 Å². The van der Waals surface area contributed by atoms with Crippen molar-refractivity contribution in [2.75, 3.05) is 0 Å². The predicted molar refractivity (Wildman–Crippen MR) is 44.6 cm³/mol. The fourth-order valence-corrected chi connectivity index (χ4v) is 2.19. The molecule has 1 aromatic rings. The molecule has 1 N–H and O–H groups in total. The second-order valence-corrected chi connectivity index (χ2v) is 3.48. The number of tetrazole rings is 1. The summed E-state index contributed by atoms with van der Waals surface area (Å²) in [6, 6.07) is 0. The molecule has 0 aliphatic heterocycles. The van der Waals surface area contributed by atoms with Crippen LogP contribution in [0, 0.1) is 5.92 Å². The van der Waals surface area contributed by atoms with E-state index in [9.17, 15) is 0 Å². The Hall–Kier alpha value is -0.930. The number of rotatable bonds is 2. The van der Waals surface area contributed by atoms with Crippen molar-refractivity contribution in [3.63, 3.8) is 0 Å². The van der Waals surface area contributed by atoms with Crippen LogP contribution in [0.3, 0.4) is 0 Å². The third-order valence-electron chi connectivity index (χ3n) is 2.88. The average molecular weight is 166 g/mol. The molecule has 4 heteroatoms. The highest BCUT2D eigenvalue weighted by Crippen LogP contribution is 2.39. The molecule has 0 amide bonds. The summed E-state index contributed by atoms with van der Waals surface area (Å²) in [5.74, 6) is 2.26. The van der Waals surface area contributed by atoms with Crippen molar-refractivity contribution in [3.8, 4) is 0 Å². The predicted octanol–water partition coefficient (Wildman–Crippen LogP) is 1.49. The summed E-state index contributed by atoms with van der Waals surface area (Å²) >= 11 is 0. The third-order valence-corrected chi connectivity index (χ3v) is 2.88. The minimum atomic E-state index is 0.564. The van der Waals surface area contributed by atoms with Crippen LogP contribution in [0.2, 0.25) is 0 Å². The summed E-state index contributed by atoms with van der Waals surface area (Å²) in [5.41, 5.74) is 0. The standard InChI is InChI=1S/C8H14N4/c1-2-6-4-3-5-7(6)8-9-11-12-10-8/h6-7H,2-5H2,1H3,(H,9,10,11,12)/t6-,7+/m0/s1. The van der Waals surface area contributed by atoms with Crippen LogP contribution in [0.25, 0.3) is 0 Å². The van der Waals surface area contributed by atoms with Crippen LogP contribution in [0.15, 0.2) is 0 Å². The second-order valence-electron chi connectivity index (χ2n) is 3.48. The van der Waals surface area contributed by atoms with E-state index in [0.717, 1.165) is 11.7 Å². The summed E-state index contributed by atoms with van der Waals surface area (Å²) in [4.78, 5) is 0. The Labute approximate surface area is 71.8 Å². The molecule has 1 aliphatic rings. The van der Waals surface area contributed by atoms with E-state index in [1.807, 2.05) is 0 Å². The van der Waals surface area contributed by atoms with Crippen molar-refractivity contribution in [2.45, 2.75) is 38.5 Å². The number of hydrogen-bond donors (Lipinski definition) is 1. The highest BCUT2D eigenvalue weighted by Gasteiger charge is 2.29. The van der Waals surface area contributed by atoms with Crippen LogP contribution >= 0.6 is 0 Å². The first-order valence-electron chi connectivity index (χ1n) is 4.65. The van der Waals surface area contributed by atoms with Crippen molar-refractivity contribution in [1.29, 1.82) is 0 Å². The van der Waals surface area contributed by atoms with Crippen molar-refractivity contribution in [3.05, 3.63) is 5.82 Å². The first kappa shape index (κ1) is 7.71. The molecule has 1 saturated carbocycles. The Balaban J connectivity index is 2.13. The molecule has 2 rings (SSSR count). The SMILES string of the molecule is CC[C@H]1CCC[C@H]1c1nn[nH]n1. The third kappa shape index (κ3) is 1.21. The Kier molecular flexibility index (Phi) is 2.06. The van der Waals surface area contributed by atoms with E-state index in [2.05, 4.69) is 27.5 Å². The van der Waals surface area contributed by atoms with E-state index in [1.54, 1.807) is 0 Å². The van der Waals surface area contributed by atoms with Crippen molar-refractivity contribution in [2.24, 2.45) is 5.92 Å². The highest BCUT2D eigenvalue weighted by molar-refractivity contribution is 4.97. The molecule has 0 saturated heterocycles. The lowest BCUT2D eigenvalue weighted by molar-refractivity contribution is 0.453. The first-order chi connectivity index (χ1) is 5.92. The normalized spacial score (nSPS) is 29.4. The minimum absolute atomic E-state index is 0.564. The minimum Gasteiger partial charge on any atom is -0.177 e. The molecule has 12 heavy (non-hydrogen) atoms. The molecule has 1 aromatic heterocycles. The average Bonchev–Trinajstić information content (AvgIpc) is 2.74. The largest absolute Gasteiger partial charge is 0.177 e. The molecular formula is C8H14N4. The molecule has 0 unspecified atom stereocenters. The van der Waals surface area contributed by atoms with Gasteiger partial charge in [0.25, 0.3) is 0 Å². The molecule has 4 nitrogen and oxygen atoms in total. The van der Waals surface area contributed by atoms with Gasteiger partial charge in [0.15, 0.2) is 5.82 Å². The van der Waals surface area contributed by atoms with E-state index in [-0.39, 0.29) is 0 Å². The molecule has 1 fully saturated rings. The van der Waals surface area contributed by atoms with E-state index in [1.165, 1.54) is 25.7 Å². The fraction of sp³-hybridized carbons (Fsp3) is 0.875. The van der Waals surface area contributed by atoms with Crippen LogP contribution in [0.1, 0.15) is 44.3 Å². The van der Waals surface area contributed by atoms with Gasteiger partial charge in [-0.3, -0.25) is 0 Å². The lowest BCUT2D eigenvalue weighted by atomic mass is 9.93. The quantitative estimate of drug-likeness (QED) is 0.724. The van der Waals surface area contributed by atoms with Gasteiger partial charge in [-0.2, -0.15) is 5.21 Å². The van der Waals surface area contributed by atoms with Crippen LogP contribution in [-0.2, 0) is 0 Å². The van der Waals surface area contributed by atoms with Gasteiger partial charge in [0.05, 0.1) is 0 Å². The van der Waals surface area contributed by atoms with E-state index >= 15 is 0 Å². The molecule has 0 aromatic carbocycles. The van der Waals surface area contributed by atoms with Gasteiger partial charge in [-0.25, -0.2) is 0 Å². The molecule has 0 spiro atoms. The Morgan fingerprint density at radius 1 is 1.50 bits per heavy atom. The molecular weight excluding hydrogens is 152 g/mol. The number of aromatic nitrogens is 4. The van der Waals surface area contributed by atoms with Gasteiger partial charge in [-0.05, 0) is 18.8 Å². The van der Waals surface area contributed by atoms with Crippen LogP contribution in [0.4, 0.5) is 0 Å². The molecule has 0 radical (unpaired) electrons. The zero-order valence-corrected chi connectivity index (χ0v) is 7.32. The number of hydrogen-bond acceptors (Lipinski definition) is 3. The van der Waals surface area contributed by atoms with Crippen molar-refractivity contribution < 1.29 is 0 Å². The van der Waals surface area contributed by atoms with Gasteiger partial charge in [0.2, 0.25) is 0 Å². The summed E-state index contributed by atoms with van der Waals surface area (Å²) in [5, 5.41) is 14.2. The lowest BCUT2D eigenvalue weighted by Gasteiger charge is -2.12. The zero-order chi connectivity index (χ0) is 8.39. The summed E-state index contributed by atoms with van der Waals surface area (Å²) in [6.07, 6.45) is 5.12. The molecule has 66 valence electrons. The van der Waals surface area contributed by atoms with E-state index in [4.69, 9.17) is 0 Å². The molecule has 1 heterocycles. The van der Waals surface area contributed by atoms with Crippen LogP contribution < -0.4 is 0 Å². The molecule has 2 atom stereocenters.